The molecule has 0 saturated carbocycles. The maximum Gasteiger partial charge on any atom is 0.256 e. The average Bonchev–Trinajstić information content (AvgIpc) is 3.40. The quantitative estimate of drug-likeness (QED) is 0.436. The molecule has 0 aliphatic carbocycles. The molecule has 0 fully saturated rings. The van der Waals surface area contributed by atoms with E-state index < -0.39 is 11.9 Å². The van der Waals surface area contributed by atoms with Crippen LogP contribution >= 0.6 is 0 Å². The largest absolute Gasteiger partial charge is 0.389 e. The summed E-state index contributed by atoms with van der Waals surface area (Å²) in [5.74, 6) is -1.16. The molecule has 0 radical (unpaired) electrons. The lowest BCUT2D eigenvalue weighted by molar-refractivity contribution is -0.110. The number of hydrogen-bond acceptors (Lipinski definition) is 6. The highest BCUT2D eigenvalue weighted by atomic mass is 19.1. The number of aromatic amines is 1. The van der Waals surface area contributed by atoms with Crippen molar-refractivity contribution in [1.82, 2.24) is 30.5 Å². The van der Waals surface area contributed by atoms with Crippen LogP contribution in [0.15, 0.2) is 24.5 Å². The predicted molar refractivity (Wildman–Crippen MR) is 109 cm³/mol. The Hall–Kier alpha value is -3.86. The standard InChI is InChI=1S/C20H20FN7O3/c1-10-17(6-15-14-5-12(21)3-4-16(14)26-19(15)30)25-11(2)18(10)20(31)22-7-13(29)8-28-24-9-23-27-28/h3-6,9,13,25,29H,7-8H2,1-2H3,(H,22,31)(H,26,30)/b15-6-. The first-order chi connectivity index (χ1) is 14.8. The van der Waals surface area contributed by atoms with Crippen molar-refractivity contribution < 1.29 is 19.1 Å². The van der Waals surface area contributed by atoms with Gasteiger partial charge in [-0.3, -0.25) is 9.59 Å². The maximum absolute atomic E-state index is 13.7. The Morgan fingerprint density at radius 2 is 2.19 bits per heavy atom. The first-order valence-electron chi connectivity index (χ1n) is 9.52. The number of halogens is 1. The van der Waals surface area contributed by atoms with Crippen LogP contribution in [0.3, 0.4) is 0 Å². The molecule has 10 nitrogen and oxygen atoms in total. The zero-order valence-electron chi connectivity index (χ0n) is 16.8. The van der Waals surface area contributed by atoms with Gasteiger partial charge in [0.15, 0.2) is 6.33 Å². The van der Waals surface area contributed by atoms with E-state index in [-0.39, 0.29) is 24.9 Å². The van der Waals surface area contributed by atoms with Gasteiger partial charge in [0.05, 0.1) is 23.8 Å². The Balaban J connectivity index is 1.53. The maximum atomic E-state index is 13.7. The number of hydrogen-bond donors (Lipinski definition) is 4. The summed E-state index contributed by atoms with van der Waals surface area (Å²) in [4.78, 5) is 29.4. The van der Waals surface area contributed by atoms with Gasteiger partial charge in [-0.1, -0.05) is 0 Å². The Bertz CT molecular complexity index is 1180. The number of carbonyl (C=O) groups is 2. The molecule has 1 aromatic carbocycles. The third kappa shape index (κ3) is 4.08. The van der Waals surface area contributed by atoms with Crippen molar-refractivity contribution in [2.24, 2.45) is 0 Å². The fourth-order valence-electron chi connectivity index (χ4n) is 3.53. The smallest absolute Gasteiger partial charge is 0.256 e. The molecule has 4 rings (SSSR count). The van der Waals surface area contributed by atoms with Crippen molar-refractivity contribution in [2.45, 2.75) is 26.5 Å². The summed E-state index contributed by atoms with van der Waals surface area (Å²) in [5.41, 5.74) is 3.52. The topological polar surface area (TPSA) is 138 Å². The molecule has 1 aliphatic heterocycles. The molecule has 2 aromatic heterocycles. The van der Waals surface area contributed by atoms with E-state index >= 15 is 0 Å². The van der Waals surface area contributed by atoms with Gasteiger partial charge < -0.3 is 20.7 Å². The van der Waals surface area contributed by atoms with Gasteiger partial charge in [0.2, 0.25) is 0 Å². The number of anilines is 1. The molecule has 0 bridgehead atoms. The molecule has 31 heavy (non-hydrogen) atoms. The number of nitrogens with one attached hydrogen (secondary N) is 3. The molecule has 11 heteroatoms. The number of aromatic nitrogens is 5. The van der Waals surface area contributed by atoms with Crippen LogP contribution < -0.4 is 10.6 Å². The zero-order chi connectivity index (χ0) is 22.1. The number of aryl methyl sites for hydroxylation is 1. The highest BCUT2D eigenvalue weighted by molar-refractivity contribution is 6.34. The Labute approximate surface area is 176 Å². The van der Waals surface area contributed by atoms with Crippen LogP contribution in [-0.2, 0) is 11.3 Å². The average molecular weight is 425 g/mol. The predicted octanol–water partition coefficient (Wildman–Crippen LogP) is 1.04. The van der Waals surface area contributed by atoms with Crippen LogP contribution in [0.1, 0.15) is 32.9 Å². The van der Waals surface area contributed by atoms with E-state index in [4.69, 9.17) is 0 Å². The number of tetrazole rings is 1. The van der Waals surface area contributed by atoms with Crippen LogP contribution in [0.2, 0.25) is 0 Å². The fourth-order valence-corrected chi connectivity index (χ4v) is 3.53. The summed E-state index contributed by atoms with van der Waals surface area (Å²) < 4.78 is 13.7. The molecule has 160 valence electrons. The first-order valence-corrected chi connectivity index (χ1v) is 9.52. The van der Waals surface area contributed by atoms with Crippen LogP contribution in [0.25, 0.3) is 11.6 Å². The number of aliphatic hydroxyl groups is 1. The number of carbonyl (C=O) groups excluding carboxylic acids is 2. The molecular formula is C20H20FN7O3. The molecule has 0 saturated heterocycles. The summed E-state index contributed by atoms with van der Waals surface area (Å²) in [5, 5.41) is 26.5. The number of rotatable bonds is 6. The number of aliphatic hydroxyl groups excluding tert-OH is 1. The number of fused-ring (bicyclic) bond motifs is 1. The molecule has 1 unspecified atom stereocenters. The second-order valence-electron chi connectivity index (χ2n) is 7.22. The third-order valence-corrected chi connectivity index (χ3v) is 5.02. The molecular weight excluding hydrogens is 405 g/mol. The summed E-state index contributed by atoms with van der Waals surface area (Å²) >= 11 is 0. The molecule has 1 atom stereocenters. The van der Waals surface area contributed by atoms with Gasteiger partial charge in [-0.15, -0.1) is 10.2 Å². The minimum atomic E-state index is -0.895. The van der Waals surface area contributed by atoms with Crippen molar-refractivity contribution in [3.8, 4) is 0 Å². The lowest BCUT2D eigenvalue weighted by atomic mass is 10.0. The zero-order valence-corrected chi connectivity index (χ0v) is 16.8. The van der Waals surface area contributed by atoms with Gasteiger partial charge in [-0.05, 0) is 48.9 Å². The van der Waals surface area contributed by atoms with Gasteiger partial charge in [-0.25, -0.2) is 4.39 Å². The lowest BCUT2D eigenvalue weighted by Crippen LogP contribution is -2.35. The molecule has 3 aromatic rings. The number of benzene rings is 1. The SMILES string of the molecule is Cc1[nH]c(/C=C2\C(=O)Nc3ccc(F)cc32)c(C)c1C(=O)NCC(O)Cn1ncnn1. The number of amides is 2. The van der Waals surface area contributed by atoms with Crippen molar-refractivity contribution in [2.75, 3.05) is 11.9 Å². The Morgan fingerprint density at radius 1 is 1.39 bits per heavy atom. The second-order valence-corrected chi connectivity index (χ2v) is 7.22. The molecule has 3 heterocycles. The van der Waals surface area contributed by atoms with Crippen LogP contribution in [0.4, 0.5) is 10.1 Å². The molecule has 2 amide bonds. The summed E-state index contributed by atoms with van der Waals surface area (Å²) in [6.07, 6.45) is 1.96. The van der Waals surface area contributed by atoms with E-state index in [1.54, 1.807) is 19.9 Å². The van der Waals surface area contributed by atoms with Crippen molar-refractivity contribution in [3.63, 3.8) is 0 Å². The first kappa shape index (κ1) is 20.4. The van der Waals surface area contributed by atoms with Crippen LogP contribution in [-0.4, -0.2) is 54.8 Å². The van der Waals surface area contributed by atoms with Crippen molar-refractivity contribution >= 4 is 29.2 Å². The van der Waals surface area contributed by atoms with E-state index in [2.05, 4.69) is 31.0 Å². The van der Waals surface area contributed by atoms with E-state index in [0.29, 0.717) is 39.3 Å². The van der Waals surface area contributed by atoms with Crippen LogP contribution in [0.5, 0.6) is 0 Å². The van der Waals surface area contributed by atoms with Crippen LogP contribution in [0, 0.1) is 19.7 Å². The lowest BCUT2D eigenvalue weighted by Gasteiger charge is -2.11. The summed E-state index contributed by atoms with van der Waals surface area (Å²) in [6.45, 7) is 3.58. The summed E-state index contributed by atoms with van der Waals surface area (Å²) in [6, 6.07) is 4.08. The van der Waals surface area contributed by atoms with E-state index in [9.17, 15) is 19.1 Å². The molecule has 4 N–H and O–H groups in total. The highest BCUT2D eigenvalue weighted by Crippen LogP contribution is 2.34. The Kier molecular flexibility index (Phi) is 5.34. The number of H-pyrrole nitrogens is 1. The third-order valence-electron chi connectivity index (χ3n) is 5.02. The van der Waals surface area contributed by atoms with Crippen molar-refractivity contribution in [3.05, 3.63) is 58.4 Å². The minimum Gasteiger partial charge on any atom is -0.389 e. The minimum absolute atomic E-state index is 0.00405. The van der Waals surface area contributed by atoms with Crippen molar-refractivity contribution in [1.29, 1.82) is 0 Å². The van der Waals surface area contributed by atoms with Gasteiger partial charge in [0.25, 0.3) is 11.8 Å². The van der Waals surface area contributed by atoms with E-state index in [0.717, 1.165) is 0 Å². The summed E-state index contributed by atoms with van der Waals surface area (Å²) in [7, 11) is 0. The van der Waals surface area contributed by atoms with E-state index in [1.807, 2.05) is 0 Å². The fraction of sp³-hybridized carbons (Fsp3) is 0.250. The molecule has 1 aliphatic rings. The van der Waals surface area contributed by atoms with Gasteiger partial charge in [0, 0.05) is 29.2 Å². The van der Waals surface area contributed by atoms with Gasteiger partial charge in [0.1, 0.15) is 5.82 Å². The second kappa shape index (κ2) is 8.11. The normalized spacial score (nSPS) is 15.1. The Morgan fingerprint density at radius 3 is 2.94 bits per heavy atom. The number of nitrogens with zero attached hydrogens (tertiary/aromatic N) is 4. The van der Waals surface area contributed by atoms with Gasteiger partial charge in [-0.2, -0.15) is 4.80 Å². The monoisotopic (exact) mass is 425 g/mol. The highest BCUT2D eigenvalue weighted by Gasteiger charge is 2.26. The van der Waals surface area contributed by atoms with E-state index in [1.165, 1.54) is 29.3 Å². The van der Waals surface area contributed by atoms with Gasteiger partial charge >= 0.3 is 0 Å². The molecule has 0 spiro atoms.